The highest BCUT2D eigenvalue weighted by Crippen LogP contribution is 2.32. The number of hydrogen-bond acceptors (Lipinski definition) is 6. The predicted octanol–water partition coefficient (Wildman–Crippen LogP) is 2.14. The van der Waals surface area contributed by atoms with E-state index < -0.39 is 14.8 Å². The molecule has 1 aromatic carbocycles. The summed E-state index contributed by atoms with van der Waals surface area (Å²) in [5, 5.41) is 14.3. The lowest BCUT2D eigenvalue weighted by atomic mass is 9.94. The van der Waals surface area contributed by atoms with Gasteiger partial charge in [0.15, 0.2) is 9.84 Å². The van der Waals surface area contributed by atoms with Crippen LogP contribution in [0.15, 0.2) is 23.1 Å². The van der Waals surface area contributed by atoms with Crippen molar-refractivity contribution in [3.8, 4) is 0 Å². The molecule has 7 nitrogen and oxygen atoms in total. The van der Waals surface area contributed by atoms with Gasteiger partial charge in [-0.1, -0.05) is 6.07 Å². The van der Waals surface area contributed by atoms with Crippen molar-refractivity contribution in [2.24, 2.45) is 5.92 Å². The van der Waals surface area contributed by atoms with Crippen LogP contribution in [0.2, 0.25) is 0 Å². The number of likely N-dealkylation sites (tertiary alicyclic amines) is 1. The third-order valence-electron chi connectivity index (χ3n) is 4.29. The quantitative estimate of drug-likeness (QED) is 0.629. The van der Waals surface area contributed by atoms with E-state index in [-0.39, 0.29) is 16.3 Å². The Morgan fingerprint density at radius 3 is 2.57 bits per heavy atom. The van der Waals surface area contributed by atoms with Gasteiger partial charge in [0.2, 0.25) is 0 Å². The van der Waals surface area contributed by atoms with E-state index in [1.807, 2.05) is 0 Å². The van der Waals surface area contributed by atoms with Crippen molar-refractivity contribution in [2.45, 2.75) is 24.2 Å². The van der Waals surface area contributed by atoms with Crippen molar-refractivity contribution in [1.82, 2.24) is 4.90 Å². The van der Waals surface area contributed by atoms with Gasteiger partial charge in [0.25, 0.3) is 0 Å². The molecule has 1 aromatic rings. The minimum Gasteiger partial charge on any atom is -0.379 e. The van der Waals surface area contributed by atoms with E-state index in [4.69, 9.17) is 0 Å². The second-order valence-electron chi connectivity index (χ2n) is 6.14. The van der Waals surface area contributed by atoms with Crippen molar-refractivity contribution in [1.29, 1.82) is 0 Å². The zero-order chi connectivity index (χ0) is 17.0. The third kappa shape index (κ3) is 4.65. The monoisotopic (exact) mass is 341 g/mol. The average molecular weight is 341 g/mol. The highest BCUT2D eigenvalue weighted by atomic mass is 32.2. The lowest BCUT2D eigenvalue weighted by Crippen LogP contribution is -2.30. The van der Waals surface area contributed by atoms with Crippen molar-refractivity contribution in [3.63, 3.8) is 0 Å². The van der Waals surface area contributed by atoms with Crippen LogP contribution in [0.25, 0.3) is 0 Å². The summed E-state index contributed by atoms with van der Waals surface area (Å²) in [4.78, 5) is 12.7. The molecule has 8 heteroatoms. The maximum absolute atomic E-state index is 11.7. The Morgan fingerprint density at radius 1 is 1.35 bits per heavy atom. The van der Waals surface area contributed by atoms with Gasteiger partial charge in [-0.05, 0) is 57.5 Å². The molecule has 0 aliphatic carbocycles. The highest BCUT2D eigenvalue weighted by Gasteiger charge is 2.26. The molecule has 0 unspecified atom stereocenters. The van der Waals surface area contributed by atoms with Crippen LogP contribution in [-0.4, -0.2) is 51.2 Å². The molecule has 0 atom stereocenters. The number of anilines is 1. The number of benzene rings is 1. The number of hydrogen-bond donors (Lipinski definition) is 1. The molecule has 23 heavy (non-hydrogen) atoms. The van der Waals surface area contributed by atoms with E-state index in [0.29, 0.717) is 12.5 Å². The van der Waals surface area contributed by atoms with Gasteiger partial charge in [0.1, 0.15) is 10.6 Å². The van der Waals surface area contributed by atoms with Crippen LogP contribution in [0.4, 0.5) is 11.4 Å². The molecule has 1 N–H and O–H groups in total. The molecule has 1 saturated heterocycles. The van der Waals surface area contributed by atoms with Gasteiger partial charge in [-0.2, -0.15) is 0 Å². The third-order valence-corrected chi connectivity index (χ3v) is 5.42. The fraction of sp³-hybridized carbons (Fsp3) is 0.600. The lowest BCUT2D eigenvalue weighted by Gasteiger charge is -2.28. The first-order chi connectivity index (χ1) is 10.8. The summed E-state index contributed by atoms with van der Waals surface area (Å²) in [5.74, 6) is 0.607. The summed E-state index contributed by atoms with van der Waals surface area (Å²) < 4.78 is 23.5. The van der Waals surface area contributed by atoms with E-state index in [1.54, 1.807) is 6.07 Å². The molecule has 2 rings (SSSR count). The van der Waals surface area contributed by atoms with E-state index in [2.05, 4.69) is 17.3 Å². The first kappa shape index (κ1) is 17.7. The molecule has 0 aromatic heterocycles. The summed E-state index contributed by atoms with van der Waals surface area (Å²) in [6.07, 6.45) is 4.17. The molecule has 0 radical (unpaired) electrons. The first-order valence-electron chi connectivity index (χ1n) is 7.69. The van der Waals surface area contributed by atoms with Gasteiger partial charge in [0, 0.05) is 12.8 Å². The van der Waals surface area contributed by atoms with Gasteiger partial charge >= 0.3 is 5.69 Å². The van der Waals surface area contributed by atoms with Crippen LogP contribution in [0.3, 0.4) is 0 Å². The van der Waals surface area contributed by atoms with Crippen LogP contribution in [0.1, 0.15) is 19.3 Å². The van der Waals surface area contributed by atoms with Crippen LogP contribution < -0.4 is 5.32 Å². The molecule has 0 spiro atoms. The van der Waals surface area contributed by atoms with Crippen LogP contribution in [-0.2, 0) is 9.84 Å². The number of para-hydroxylation sites is 1. The molecule has 0 saturated carbocycles. The Labute approximate surface area is 136 Å². The number of nitrogens with one attached hydrogen (secondary N) is 1. The lowest BCUT2D eigenvalue weighted by molar-refractivity contribution is -0.386. The topological polar surface area (TPSA) is 92.6 Å². The fourth-order valence-electron chi connectivity index (χ4n) is 2.91. The number of rotatable bonds is 6. The van der Waals surface area contributed by atoms with Crippen LogP contribution in [0, 0.1) is 16.0 Å². The van der Waals surface area contributed by atoms with Crippen molar-refractivity contribution in [3.05, 3.63) is 28.3 Å². The number of piperidine rings is 1. The maximum atomic E-state index is 11.7. The number of sulfone groups is 1. The molecule has 0 bridgehead atoms. The highest BCUT2D eigenvalue weighted by molar-refractivity contribution is 7.90. The van der Waals surface area contributed by atoms with Gasteiger partial charge in [-0.15, -0.1) is 0 Å². The summed E-state index contributed by atoms with van der Waals surface area (Å²) in [6, 6.07) is 4.36. The second kappa shape index (κ2) is 7.27. The van der Waals surface area contributed by atoms with Crippen LogP contribution in [0.5, 0.6) is 0 Å². The zero-order valence-corrected chi connectivity index (χ0v) is 14.3. The molecular formula is C15H23N3O4S. The summed E-state index contributed by atoms with van der Waals surface area (Å²) in [5.41, 5.74) is -0.0933. The van der Waals surface area contributed by atoms with Gasteiger partial charge < -0.3 is 10.2 Å². The van der Waals surface area contributed by atoms with Crippen molar-refractivity contribution < 1.29 is 13.3 Å². The standard InChI is InChI=1S/C15H23N3O4S/c1-17-10-7-12(8-11-17)6-9-16-13-4-3-5-14(23(2,21)22)15(13)18(19)20/h3-5,12,16H,6-11H2,1-2H3. The summed E-state index contributed by atoms with van der Waals surface area (Å²) in [7, 11) is -1.53. The first-order valence-corrected chi connectivity index (χ1v) is 9.58. The molecule has 1 aliphatic heterocycles. The largest absolute Gasteiger partial charge is 0.379 e. The van der Waals surface area contributed by atoms with Gasteiger partial charge in [0.05, 0.1) is 4.92 Å². The molecular weight excluding hydrogens is 318 g/mol. The van der Waals surface area contributed by atoms with E-state index >= 15 is 0 Å². The van der Waals surface area contributed by atoms with Crippen LogP contribution >= 0.6 is 0 Å². The van der Waals surface area contributed by atoms with Crippen molar-refractivity contribution >= 4 is 21.2 Å². The van der Waals surface area contributed by atoms with Crippen molar-refractivity contribution in [2.75, 3.05) is 38.3 Å². The van der Waals surface area contributed by atoms with Gasteiger partial charge in [-0.25, -0.2) is 8.42 Å². The minimum absolute atomic E-state index is 0.244. The Balaban J connectivity index is 2.06. The Morgan fingerprint density at radius 2 is 2.00 bits per heavy atom. The maximum Gasteiger partial charge on any atom is 0.310 e. The molecule has 1 heterocycles. The molecule has 1 fully saturated rings. The minimum atomic E-state index is -3.64. The van der Waals surface area contributed by atoms with E-state index in [9.17, 15) is 18.5 Å². The fourth-order valence-corrected chi connectivity index (χ4v) is 3.78. The molecule has 0 amide bonds. The molecule has 128 valence electrons. The SMILES string of the molecule is CN1CCC(CCNc2cccc(S(C)(=O)=O)c2[N+](=O)[O-])CC1. The average Bonchev–Trinajstić information content (AvgIpc) is 2.48. The second-order valence-corrected chi connectivity index (χ2v) is 8.13. The Hall–Kier alpha value is -1.67. The molecule has 1 aliphatic rings. The van der Waals surface area contributed by atoms with E-state index in [0.717, 1.165) is 38.6 Å². The predicted molar refractivity (Wildman–Crippen MR) is 89.5 cm³/mol. The van der Waals surface area contributed by atoms with Gasteiger partial charge in [-0.3, -0.25) is 10.1 Å². The number of nitro groups is 1. The zero-order valence-electron chi connectivity index (χ0n) is 13.5. The Bertz CT molecular complexity index is 667. The Kier molecular flexibility index (Phi) is 5.59. The summed E-state index contributed by atoms with van der Waals surface area (Å²) in [6.45, 7) is 2.76. The number of nitro benzene ring substituents is 1. The number of nitrogens with zero attached hydrogens (tertiary/aromatic N) is 2. The smallest absolute Gasteiger partial charge is 0.310 e. The normalized spacial score (nSPS) is 17.1. The summed E-state index contributed by atoms with van der Waals surface area (Å²) >= 11 is 0. The van der Waals surface area contributed by atoms with E-state index in [1.165, 1.54) is 12.1 Å².